The molecule has 0 amide bonds. The second-order valence-corrected chi connectivity index (χ2v) is 4.12. The first-order chi connectivity index (χ1) is 6.16. The van der Waals surface area contributed by atoms with E-state index in [0.717, 1.165) is 3.57 Å². The summed E-state index contributed by atoms with van der Waals surface area (Å²) in [4.78, 5) is 17.8. The number of hydrogen-bond donors (Lipinski definition) is 1. The third kappa shape index (κ3) is 1.68. The van der Waals surface area contributed by atoms with E-state index < -0.39 is 0 Å². The molecule has 0 bridgehead atoms. The van der Waals surface area contributed by atoms with Crippen LogP contribution in [-0.2, 0) is 0 Å². The molecular formula is C8H4ClIN2O. The van der Waals surface area contributed by atoms with Gasteiger partial charge in [-0.25, -0.2) is 4.98 Å². The number of fused-ring (bicyclic) bond motifs is 1. The summed E-state index contributed by atoms with van der Waals surface area (Å²) in [6.45, 7) is 0. The first kappa shape index (κ1) is 8.96. The molecule has 1 aromatic heterocycles. The fraction of sp³-hybridized carbons (Fsp3) is 0. The Morgan fingerprint density at radius 3 is 3.00 bits per heavy atom. The second-order valence-electron chi connectivity index (χ2n) is 2.52. The maximum Gasteiger partial charge on any atom is 0.259 e. The first-order valence-corrected chi connectivity index (χ1v) is 4.97. The van der Waals surface area contributed by atoms with Crippen molar-refractivity contribution in [1.82, 2.24) is 9.97 Å². The predicted molar refractivity (Wildman–Crippen MR) is 60.1 cm³/mol. The standard InChI is InChI=1S/C8H4ClIN2O/c9-8-11-6-3-4(10)1-2-5(6)7(13)12-8/h1-3H,(H,11,12,13). The summed E-state index contributed by atoms with van der Waals surface area (Å²) in [5.41, 5.74) is 0.423. The topological polar surface area (TPSA) is 45.8 Å². The highest BCUT2D eigenvalue weighted by atomic mass is 127. The molecule has 2 rings (SSSR count). The fourth-order valence-electron chi connectivity index (χ4n) is 1.08. The van der Waals surface area contributed by atoms with E-state index in [1.165, 1.54) is 0 Å². The second kappa shape index (κ2) is 3.26. The lowest BCUT2D eigenvalue weighted by Gasteiger charge is -1.96. The maximum atomic E-state index is 11.3. The van der Waals surface area contributed by atoms with Crippen LogP contribution < -0.4 is 5.56 Å². The quantitative estimate of drug-likeness (QED) is 0.599. The molecule has 1 aromatic carbocycles. The van der Waals surface area contributed by atoms with Crippen molar-refractivity contribution in [2.24, 2.45) is 0 Å². The molecule has 0 unspecified atom stereocenters. The maximum absolute atomic E-state index is 11.3. The molecule has 0 fully saturated rings. The number of nitrogens with one attached hydrogen (secondary N) is 1. The van der Waals surface area contributed by atoms with Gasteiger partial charge in [0.2, 0.25) is 5.28 Å². The smallest absolute Gasteiger partial charge is 0.259 e. The van der Waals surface area contributed by atoms with Gasteiger partial charge in [-0.05, 0) is 52.4 Å². The highest BCUT2D eigenvalue weighted by Gasteiger charge is 2.01. The first-order valence-electron chi connectivity index (χ1n) is 3.52. The van der Waals surface area contributed by atoms with Crippen molar-refractivity contribution in [3.8, 4) is 0 Å². The summed E-state index contributed by atoms with van der Waals surface area (Å²) in [6.07, 6.45) is 0. The molecule has 0 atom stereocenters. The van der Waals surface area contributed by atoms with Crippen LogP contribution in [0.4, 0.5) is 0 Å². The Morgan fingerprint density at radius 2 is 2.23 bits per heavy atom. The highest BCUT2D eigenvalue weighted by molar-refractivity contribution is 14.1. The van der Waals surface area contributed by atoms with Gasteiger partial charge in [-0.15, -0.1) is 0 Å². The summed E-state index contributed by atoms with van der Waals surface area (Å²) in [5.74, 6) is 0. The van der Waals surface area contributed by atoms with Crippen molar-refractivity contribution in [3.05, 3.63) is 37.4 Å². The van der Waals surface area contributed by atoms with Crippen LogP contribution in [0.2, 0.25) is 5.28 Å². The summed E-state index contributed by atoms with van der Waals surface area (Å²) in [7, 11) is 0. The minimum Gasteiger partial charge on any atom is -0.297 e. The van der Waals surface area contributed by atoms with Gasteiger partial charge in [0.1, 0.15) is 0 Å². The minimum absolute atomic E-state index is 0.125. The lowest BCUT2D eigenvalue weighted by Crippen LogP contribution is -2.07. The van der Waals surface area contributed by atoms with Crippen molar-refractivity contribution >= 4 is 45.1 Å². The number of rotatable bonds is 0. The van der Waals surface area contributed by atoms with Gasteiger partial charge in [-0.3, -0.25) is 9.78 Å². The molecule has 0 spiro atoms. The summed E-state index contributed by atoms with van der Waals surface area (Å²) in [6, 6.07) is 5.41. The average molecular weight is 306 g/mol. The molecule has 5 heteroatoms. The van der Waals surface area contributed by atoms with Gasteiger partial charge in [0, 0.05) is 3.57 Å². The fourth-order valence-corrected chi connectivity index (χ4v) is 1.74. The van der Waals surface area contributed by atoms with E-state index in [9.17, 15) is 4.79 Å². The van der Waals surface area contributed by atoms with Gasteiger partial charge in [0.25, 0.3) is 5.56 Å². The SMILES string of the molecule is O=c1[nH]c(Cl)nc2cc(I)ccc12. The van der Waals surface area contributed by atoms with Crippen LogP contribution in [0.5, 0.6) is 0 Å². The average Bonchev–Trinajstić information content (AvgIpc) is 2.02. The van der Waals surface area contributed by atoms with Crippen molar-refractivity contribution < 1.29 is 0 Å². The molecule has 0 aliphatic rings. The van der Waals surface area contributed by atoms with Gasteiger partial charge < -0.3 is 0 Å². The zero-order valence-corrected chi connectivity index (χ0v) is 9.26. The summed E-state index contributed by atoms with van der Waals surface area (Å²) < 4.78 is 1.03. The normalized spacial score (nSPS) is 10.6. The molecular weight excluding hydrogens is 302 g/mol. The molecule has 0 saturated carbocycles. The van der Waals surface area contributed by atoms with Gasteiger partial charge in [0.15, 0.2) is 0 Å². The predicted octanol–water partition coefficient (Wildman–Crippen LogP) is 2.18. The van der Waals surface area contributed by atoms with Gasteiger partial charge in [-0.2, -0.15) is 0 Å². The molecule has 2 aromatic rings. The molecule has 3 nitrogen and oxygen atoms in total. The number of hydrogen-bond acceptors (Lipinski definition) is 2. The number of aromatic nitrogens is 2. The molecule has 0 saturated heterocycles. The third-order valence-corrected chi connectivity index (χ3v) is 2.49. The largest absolute Gasteiger partial charge is 0.297 e. The molecule has 1 N–H and O–H groups in total. The van der Waals surface area contributed by atoms with E-state index in [2.05, 4.69) is 32.6 Å². The van der Waals surface area contributed by atoms with E-state index >= 15 is 0 Å². The van der Waals surface area contributed by atoms with E-state index in [1.807, 2.05) is 12.1 Å². The van der Waals surface area contributed by atoms with Gasteiger partial charge in [0.05, 0.1) is 10.9 Å². The Bertz CT molecular complexity index is 518. The molecule has 0 aliphatic carbocycles. The van der Waals surface area contributed by atoms with Crippen LogP contribution in [0.1, 0.15) is 0 Å². The van der Waals surface area contributed by atoms with Crippen LogP contribution in [0.25, 0.3) is 10.9 Å². The number of aromatic amines is 1. The van der Waals surface area contributed by atoms with Gasteiger partial charge in [-0.1, -0.05) is 0 Å². The molecule has 1 heterocycles. The minimum atomic E-state index is -0.202. The van der Waals surface area contributed by atoms with Gasteiger partial charge >= 0.3 is 0 Å². The number of halogens is 2. The third-order valence-electron chi connectivity index (χ3n) is 1.64. The Kier molecular flexibility index (Phi) is 2.25. The Labute approximate surface area is 92.3 Å². The van der Waals surface area contributed by atoms with E-state index in [-0.39, 0.29) is 10.8 Å². The Balaban J connectivity index is 2.95. The zero-order chi connectivity index (χ0) is 9.42. The van der Waals surface area contributed by atoms with E-state index in [0.29, 0.717) is 10.9 Å². The molecule has 0 aliphatic heterocycles. The van der Waals surface area contributed by atoms with Crippen LogP contribution >= 0.6 is 34.2 Å². The lowest BCUT2D eigenvalue weighted by atomic mass is 10.2. The number of nitrogens with zero attached hydrogens (tertiary/aromatic N) is 1. The lowest BCUT2D eigenvalue weighted by molar-refractivity contribution is 1.17. The van der Waals surface area contributed by atoms with E-state index in [4.69, 9.17) is 11.6 Å². The number of benzene rings is 1. The van der Waals surface area contributed by atoms with Crippen LogP contribution in [0, 0.1) is 3.57 Å². The van der Waals surface area contributed by atoms with Crippen molar-refractivity contribution in [1.29, 1.82) is 0 Å². The van der Waals surface area contributed by atoms with Crippen molar-refractivity contribution in [2.75, 3.05) is 0 Å². The summed E-state index contributed by atoms with van der Waals surface area (Å²) >= 11 is 7.76. The van der Waals surface area contributed by atoms with Crippen molar-refractivity contribution in [2.45, 2.75) is 0 Å². The summed E-state index contributed by atoms with van der Waals surface area (Å²) in [5, 5.41) is 0.685. The molecule has 0 radical (unpaired) electrons. The highest BCUT2D eigenvalue weighted by Crippen LogP contribution is 2.13. The van der Waals surface area contributed by atoms with Crippen LogP contribution in [0.3, 0.4) is 0 Å². The van der Waals surface area contributed by atoms with E-state index in [1.54, 1.807) is 6.07 Å². The van der Waals surface area contributed by atoms with Crippen LogP contribution in [0.15, 0.2) is 23.0 Å². The molecule has 13 heavy (non-hydrogen) atoms. The zero-order valence-electron chi connectivity index (χ0n) is 6.34. The van der Waals surface area contributed by atoms with Crippen molar-refractivity contribution in [3.63, 3.8) is 0 Å². The number of H-pyrrole nitrogens is 1. The molecule has 66 valence electrons. The monoisotopic (exact) mass is 306 g/mol. The van der Waals surface area contributed by atoms with Crippen LogP contribution in [-0.4, -0.2) is 9.97 Å². The Morgan fingerprint density at radius 1 is 1.46 bits per heavy atom. The Hall–Kier alpha value is -0.620.